The maximum absolute atomic E-state index is 12.0. The van der Waals surface area contributed by atoms with E-state index in [0.29, 0.717) is 12.8 Å². The summed E-state index contributed by atoms with van der Waals surface area (Å²) in [6, 6.07) is 0. The fourth-order valence-corrected chi connectivity index (χ4v) is 4.07. The number of carbonyl (C=O) groups is 2. The molecule has 1 heterocycles. The van der Waals surface area contributed by atoms with E-state index in [-0.39, 0.29) is 24.0 Å². The number of alkyl carbamates (subject to hydrolysis) is 1. The summed E-state index contributed by atoms with van der Waals surface area (Å²) in [7, 11) is 3.26. The van der Waals surface area contributed by atoms with Crippen molar-refractivity contribution in [3.05, 3.63) is 11.6 Å². The second kappa shape index (κ2) is 9.37. The molecule has 8 heteroatoms. The van der Waals surface area contributed by atoms with E-state index in [1.54, 1.807) is 14.2 Å². The maximum atomic E-state index is 12.0. The van der Waals surface area contributed by atoms with Gasteiger partial charge in [0.1, 0.15) is 23.7 Å². The molecule has 2 rings (SSSR count). The minimum atomic E-state index is -0.815. The van der Waals surface area contributed by atoms with Crippen LogP contribution in [-0.4, -0.2) is 62.1 Å². The highest BCUT2D eigenvalue weighted by Gasteiger charge is 2.63. The number of rotatable bonds is 7. The second-order valence-corrected chi connectivity index (χ2v) is 7.78. The molecule has 2 unspecified atom stereocenters. The lowest BCUT2D eigenvalue weighted by molar-refractivity contribution is -0.142. The molecule has 0 bridgehead atoms. The Hall–Kier alpha value is -1.15. The number of epoxide rings is 1. The van der Waals surface area contributed by atoms with Crippen molar-refractivity contribution >= 4 is 23.6 Å². The predicted molar refractivity (Wildman–Crippen MR) is 101 cm³/mol. The van der Waals surface area contributed by atoms with Gasteiger partial charge in [0.25, 0.3) is 0 Å². The molecule has 1 saturated heterocycles. The molecule has 2 fully saturated rings. The van der Waals surface area contributed by atoms with Gasteiger partial charge >= 0.3 is 6.09 Å². The Labute approximate surface area is 165 Å². The van der Waals surface area contributed by atoms with Crippen LogP contribution in [0.25, 0.3) is 0 Å². The highest BCUT2D eigenvalue weighted by Crippen LogP contribution is 2.51. The Bertz CT molecular complexity index is 579. The summed E-state index contributed by atoms with van der Waals surface area (Å²) in [4.78, 5) is 23.3. The van der Waals surface area contributed by atoms with Crippen molar-refractivity contribution in [1.82, 2.24) is 5.32 Å². The zero-order valence-corrected chi connectivity index (χ0v) is 17.4. The smallest absolute Gasteiger partial charge is 0.414 e. The molecule has 1 aliphatic heterocycles. The zero-order chi connectivity index (χ0) is 20.2. The van der Waals surface area contributed by atoms with Crippen molar-refractivity contribution in [2.75, 3.05) is 20.1 Å². The molecule has 6 atom stereocenters. The summed E-state index contributed by atoms with van der Waals surface area (Å²) >= 11 is 5.41. The first-order valence-electron chi connectivity index (χ1n) is 9.20. The van der Waals surface area contributed by atoms with Gasteiger partial charge in [0.05, 0.1) is 12.2 Å². The number of allylic oxidation sites excluding steroid dienone is 1. The lowest BCUT2D eigenvalue weighted by Gasteiger charge is -2.43. The van der Waals surface area contributed by atoms with E-state index in [9.17, 15) is 9.59 Å². The molecule has 7 nitrogen and oxygen atoms in total. The van der Waals surface area contributed by atoms with Crippen molar-refractivity contribution < 1.29 is 28.5 Å². The van der Waals surface area contributed by atoms with E-state index in [1.807, 2.05) is 0 Å². The number of halogens is 1. The van der Waals surface area contributed by atoms with Crippen LogP contribution in [0, 0.1) is 5.92 Å². The van der Waals surface area contributed by atoms with Gasteiger partial charge < -0.3 is 18.9 Å². The van der Waals surface area contributed by atoms with Gasteiger partial charge in [-0.05, 0) is 40.0 Å². The summed E-state index contributed by atoms with van der Waals surface area (Å²) < 4.78 is 23.0. The molecular weight excluding hydrogens is 374 g/mol. The lowest BCUT2D eigenvalue weighted by Crippen LogP contribution is -2.55. The average molecular weight is 404 g/mol. The molecule has 0 aromatic carbocycles. The summed E-state index contributed by atoms with van der Waals surface area (Å²) in [5.41, 5.74) is 0.822. The first kappa shape index (κ1) is 22.1. The summed E-state index contributed by atoms with van der Waals surface area (Å²) in [6.45, 7) is 6.17. The normalized spacial score (nSPS) is 35.3. The summed E-state index contributed by atoms with van der Waals surface area (Å²) in [5, 5.41) is 2.10. The quantitative estimate of drug-likeness (QED) is 0.399. The number of amides is 2. The Morgan fingerprint density at radius 3 is 2.44 bits per heavy atom. The van der Waals surface area contributed by atoms with Crippen LogP contribution < -0.4 is 5.32 Å². The van der Waals surface area contributed by atoms with E-state index in [1.165, 1.54) is 5.57 Å². The highest BCUT2D eigenvalue weighted by atomic mass is 35.5. The van der Waals surface area contributed by atoms with Crippen molar-refractivity contribution in [3.8, 4) is 0 Å². The lowest BCUT2D eigenvalue weighted by atomic mass is 9.73. The number of ether oxygens (including phenoxy) is 4. The van der Waals surface area contributed by atoms with Gasteiger partial charge in [-0.1, -0.05) is 11.6 Å². The van der Waals surface area contributed by atoms with Crippen LogP contribution in [0.1, 0.15) is 40.0 Å². The molecule has 1 saturated carbocycles. The zero-order valence-electron chi connectivity index (χ0n) is 16.6. The van der Waals surface area contributed by atoms with Crippen LogP contribution >= 0.6 is 11.6 Å². The largest absolute Gasteiger partial charge is 0.443 e. The van der Waals surface area contributed by atoms with E-state index in [4.69, 9.17) is 30.5 Å². The number of methoxy groups -OCH3 is 2. The van der Waals surface area contributed by atoms with Crippen LogP contribution in [0.3, 0.4) is 0 Å². The van der Waals surface area contributed by atoms with Gasteiger partial charge in [0, 0.05) is 20.1 Å². The fraction of sp³-hybridized carbons (Fsp3) is 0.789. The summed E-state index contributed by atoms with van der Waals surface area (Å²) in [5.74, 6) is -1.00. The van der Waals surface area contributed by atoms with Crippen LogP contribution in [0.15, 0.2) is 11.6 Å². The Kier molecular flexibility index (Phi) is 7.68. The number of nitrogens with one attached hydrogen (secondary N) is 1. The molecule has 2 amide bonds. The van der Waals surface area contributed by atoms with Crippen LogP contribution in [-0.2, 0) is 23.7 Å². The van der Waals surface area contributed by atoms with Gasteiger partial charge in [0.2, 0.25) is 5.91 Å². The number of alkyl halides is 1. The van der Waals surface area contributed by atoms with Gasteiger partial charge in [-0.15, -0.1) is 11.6 Å². The van der Waals surface area contributed by atoms with Crippen LogP contribution in [0.4, 0.5) is 4.79 Å². The SMILES string of the molecule is CO[C@@H]1CC[C@@H](OC(=O)NC(=O)CCl)[C@@H](OC)C1C1(C)O[C@@H]1CC=C(C)C. The van der Waals surface area contributed by atoms with E-state index >= 15 is 0 Å². The molecule has 1 N–H and O–H groups in total. The van der Waals surface area contributed by atoms with Crippen molar-refractivity contribution in [3.63, 3.8) is 0 Å². The first-order chi connectivity index (χ1) is 12.8. The Morgan fingerprint density at radius 1 is 1.22 bits per heavy atom. The fourth-order valence-electron chi connectivity index (χ4n) is 4.00. The van der Waals surface area contributed by atoms with Gasteiger partial charge in [-0.25, -0.2) is 4.79 Å². The average Bonchev–Trinajstić information content (AvgIpc) is 3.30. The minimum absolute atomic E-state index is 0.0657. The van der Waals surface area contributed by atoms with Crippen LogP contribution in [0.2, 0.25) is 0 Å². The number of imide groups is 1. The molecule has 27 heavy (non-hydrogen) atoms. The number of hydrogen-bond acceptors (Lipinski definition) is 6. The minimum Gasteiger partial charge on any atom is -0.443 e. The second-order valence-electron chi connectivity index (χ2n) is 7.51. The third-order valence-corrected chi connectivity index (χ3v) is 5.68. The number of carbonyl (C=O) groups excluding carboxylic acids is 2. The van der Waals surface area contributed by atoms with Crippen molar-refractivity contribution in [2.24, 2.45) is 5.92 Å². The molecule has 154 valence electrons. The van der Waals surface area contributed by atoms with Gasteiger partial charge in [-0.2, -0.15) is 0 Å². The summed E-state index contributed by atoms with van der Waals surface area (Å²) in [6.07, 6.45) is 2.54. The molecular formula is C19H30ClNO6. The molecule has 0 aromatic heterocycles. The van der Waals surface area contributed by atoms with Crippen molar-refractivity contribution in [2.45, 2.75) is 70.1 Å². The molecule has 0 spiro atoms. The van der Waals surface area contributed by atoms with Gasteiger partial charge in [-0.3, -0.25) is 10.1 Å². The first-order valence-corrected chi connectivity index (χ1v) is 9.73. The molecule has 0 aromatic rings. The Morgan fingerprint density at radius 2 is 1.89 bits per heavy atom. The Balaban J connectivity index is 2.12. The van der Waals surface area contributed by atoms with Crippen LogP contribution in [0.5, 0.6) is 0 Å². The maximum Gasteiger partial charge on any atom is 0.414 e. The predicted octanol–water partition coefficient (Wildman–Crippen LogP) is 2.80. The number of hydrogen-bond donors (Lipinski definition) is 1. The van der Waals surface area contributed by atoms with Gasteiger partial charge in [0.15, 0.2) is 0 Å². The third-order valence-electron chi connectivity index (χ3n) is 5.43. The van der Waals surface area contributed by atoms with E-state index in [2.05, 4.69) is 32.2 Å². The van der Waals surface area contributed by atoms with E-state index in [0.717, 1.165) is 6.42 Å². The molecule has 0 radical (unpaired) electrons. The topological polar surface area (TPSA) is 86.4 Å². The molecule has 1 aliphatic carbocycles. The molecule has 2 aliphatic rings. The monoisotopic (exact) mass is 403 g/mol. The van der Waals surface area contributed by atoms with Crippen molar-refractivity contribution in [1.29, 1.82) is 0 Å². The standard InChI is InChI=1S/C19H30ClNO6/c1-11(2)6-9-14-19(3,27-14)16-12(24-4)7-8-13(17(16)25-5)26-18(23)21-15(22)10-20/h6,12-14,16-17H,7-10H2,1-5H3,(H,21,22,23)/t12-,13-,14-,16?,17-,19?/m1/s1. The highest BCUT2D eigenvalue weighted by molar-refractivity contribution is 6.28. The van der Waals surface area contributed by atoms with E-state index < -0.39 is 29.8 Å². The third kappa shape index (κ3) is 5.22.